The predicted molar refractivity (Wildman–Crippen MR) is 81.8 cm³/mol. The molecule has 0 saturated heterocycles. The lowest BCUT2D eigenvalue weighted by atomic mass is 10.4. The Bertz CT molecular complexity index is 785. The maximum absolute atomic E-state index is 11.2. The van der Waals surface area contributed by atoms with E-state index in [1.165, 1.54) is 0 Å². The molecule has 0 atom stereocenters. The van der Waals surface area contributed by atoms with E-state index >= 15 is 0 Å². The molecule has 2 aromatic rings. The third-order valence-corrected chi connectivity index (χ3v) is 4.48. The number of halogens is 1. The fraction of sp³-hybridized carbons (Fsp3) is 0.333. The van der Waals surface area contributed by atoms with Crippen LogP contribution in [0.25, 0.3) is 0 Å². The van der Waals surface area contributed by atoms with Crippen molar-refractivity contribution in [2.24, 2.45) is 0 Å². The molecule has 0 spiro atoms. The van der Waals surface area contributed by atoms with Gasteiger partial charge in [-0.3, -0.25) is 9.59 Å². The number of amides is 1. The molecule has 0 fully saturated rings. The van der Waals surface area contributed by atoms with Gasteiger partial charge >= 0.3 is 0 Å². The molecule has 0 aliphatic rings. The van der Waals surface area contributed by atoms with Crippen molar-refractivity contribution in [3.8, 4) is 0 Å². The van der Waals surface area contributed by atoms with Crippen LogP contribution in [0.4, 0.5) is 0 Å². The molecule has 13 heteroatoms. The third kappa shape index (κ3) is 5.71. The minimum atomic E-state index is -3.51. The zero-order chi connectivity index (χ0) is 16.9. The quantitative estimate of drug-likeness (QED) is 0.768. The van der Waals surface area contributed by atoms with Gasteiger partial charge in [0.05, 0.1) is 17.6 Å². The summed E-state index contributed by atoms with van der Waals surface area (Å²) in [7, 11) is -3.51. The van der Waals surface area contributed by atoms with Gasteiger partial charge in [0.15, 0.2) is 0 Å². The summed E-state index contributed by atoms with van der Waals surface area (Å²) in [5.74, 6) is -0.685. The Hall–Kier alpha value is -1.50. The van der Waals surface area contributed by atoms with Gasteiger partial charge in [0.1, 0.15) is 9.75 Å². The van der Waals surface area contributed by atoms with Crippen LogP contribution in [0, 0.1) is 13.8 Å². The second-order valence-corrected chi connectivity index (χ2v) is 7.45. The molecular weight excluding hydrogens is 374 g/mol. The van der Waals surface area contributed by atoms with E-state index in [4.69, 9.17) is 11.6 Å². The van der Waals surface area contributed by atoms with E-state index in [2.05, 4.69) is 19.2 Å². The molecule has 1 N–H and O–H groups in total. The summed E-state index contributed by atoms with van der Waals surface area (Å²) in [6.07, 6.45) is 0.911. The minimum Gasteiger partial charge on any atom is -0.275 e. The van der Waals surface area contributed by atoms with Crippen molar-refractivity contribution in [3.63, 3.8) is 0 Å². The van der Waals surface area contributed by atoms with Crippen LogP contribution in [0.5, 0.6) is 0 Å². The van der Waals surface area contributed by atoms with Gasteiger partial charge in [-0.15, -0.1) is 10.2 Å². The third-order valence-electron chi connectivity index (χ3n) is 1.97. The first-order valence-electron chi connectivity index (χ1n) is 5.41. The predicted octanol–water partition coefficient (Wildman–Crippen LogP) is 0.761. The molecule has 2 rings (SSSR count). The van der Waals surface area contributed by atoms with Gasteiger partial charge in [0.2, 0.25) is 10.0 Å². The van der Waals surface area contributed by atoms with Crippen LogP contribution in [0.3, 0.4) is 0 Å². The van der Waals surface area contributed by atoms with E-state index in [1.807, 2.05) is 4.72 Å². The fourth-order valence-electron chi connectivity index (χ4n) is 1.07. The maximum Gasteiger partial charge on any atom is 0.278 e. The highest BCUT2D eigenvalue weighted by atomic mass is 35.5. The van der Waals surface area contributed by atoms with E-state index < -0.39 is 21.2 Å². The van der Waals surface area contributed by atoms with Crippen LogP contribution < -0.4 is 4.72 Å². The monoisotopic (exact) mass is 383 g/mol. The van der Waals surface area contributed by atoms with E-state index in [9.17, 15) is 18.0 Å². The highest BCUT2D eigenvalue weighted by Gasteiger charge is 2.16. The second kappa shape index (κ2) is 7.67. The van der Waals surface area contributed by atoms with Gasteiger partial charge in [0.25, 0.3) is 11.1 Å². The van der Waals surface area contributed by atoms with Crippen molar-refractivity contribution in [2.45, 2.75) is 13.8 Å². The Balaban J connectivity index is 0.000000235. The number of hydrogen-bond donors (Lipinski definition) is 1. The Labute approximate surface area is 139 Å². The van der Waals surface area contributed by atoms with Crippen molar-refractivity contribution in [1.29, 1.82) is 0 Å². The summed E-state index contributed by atoms with van der Waals surface area (Å²) in [5.41, 5.74) is 1.02. The number of rotatable bonds is 3. The summed E-state index contributed by atoms with van der Waals surface area (Å²) < 4.78 is 30.2. The maximum atomic E-state index is 11.2. The molecule has 0 aliphatic heterocycles. The Morgan fingerprint density at radius 3 is 1.77 bits per heavy atom. The highest BCUT2D eigenvalue weighted by molar-refractivity contribution is 7.89. The van der Waals surface area contributed by atoms with E-state index in [0.717, 1.165) is 29.3 Å². The summed E-state index contributed by atoms with van der Waals surface area (Å²) in [4.78, 5) is 22.2. The van der Waals surface area contributed by atoms with E-state index in [1.54, 1.807) is 13.8 Å². The average Bonchev–Trinajstić information content (AvgIpc) is 2.96. The highest BCUT2D eigenvalue weighted by Crippen LogP contribution is 2.11. The molecular formula is C9H10ClN5O4S3. The molecule has 2 heterocycles. The number of nitrogens with one attached hydrogen (secondary N) is 1. The first-order chi connectivity index (χ1) is 10.1. The summed E-state index contributed by atoms with van der Waals surface area (Å²) in [5, 5.41) is 6.70. The van der Waals surface area contributed by atoms with Crippen molar-refractivity contribution in [2.75, 3.05) is 6.26 Å². The molecule has 0 saturated carbocycles. The van der Waals surface area contributed by atoms with Gasteiger partial charge in [-0.1, -0.05) is 8.98 Å². The van der Waals surface area contributed by atoms with Crippen LogP contribution in [-0.4, -0.2) is 45.0 Å². The first-order valence-corrected chi connectivity index (χ1v) is 9.23. The van der Waals surface area contributed by atoms with Crippen LogP contribution in [0.15, 0.2) is 0 Å². The standard InChI is InChI=1S/C5H7N3O3S2.C4H3ClN2OS/c1-3-4(12-8-6-3)5(9)7-13(2,10)11;1-2-3(4(5)8)9-7-6-2/h1-2H3,(H,7,9);1H3. The number of aryl methyl sites for hydroxylation is 2. The van der Waals surface area contributed by atoms with Crippen molar-refractivity contribution in [3.05, 3.63) is 21.1 Å². The van der Waals surface area contributed by atoms with Crippen molar-refractivity contribution in [1.82, 2.24) is 23.9 Å². The molecule has 0 bridgehead atoms. The van der Waals surface area contributed by atoms with Gasteiger partial charge in [-0.2, -0.15) is 0 Å². The van der Waals surface area contributed by atoms with Gasteiger partial charge in [-0.25, -0.2) is 13.1 Å². The van der Waals surface area contributed by atoms with Crippen LogP contribution in [-0.2, 0) is 10.0 Å². The smallest absolute Gasteiger partial charge is 0.275 e. The molecule has 0 aromatic carbocycles. The number of carbonyl (C=O) groups excluding carboxylic acids is 2. The minimum absolute atomic E-state index is 0.213. The Morgan fingerprint density at radius 1 is 1.05 bits per heavy atom. The number of nitrogens with zero attached hydrogens (tertiary/aromatic N) is 4. The topological polar surface area (TPSA) is 132 Å². The fourth-order valence-corrected chi connectivity index (χ4v) is 2.85. The summed E-state index contributed by atoms with van der Waals surface area (Å²) in [6.45, 7) is 3.28. The van der Waals surface area contributed by atoms with Crippen LogP contribution in [0.2, 0.25) is 0 Å². The van der Waals surface area contributed by atoms with Gasteiger partial charge in [-0.05, 0) is 48.5 Å². The van der Waals surface area contributed by atoms with E-state index in [0.29, 0.717) is 16.3 Å². The van der Waals surface area contributed by atoms with E-state index in [-0.39, 0.29) is 4.88 Å². The molecule has 0 unspecified atom stereocenters. The van der Waals surface area contributed by atoms with Crippen molar-refractivity contribution >= 4 is 55.8 Å². The molecule has 0 aliphatic carbocycles. The SMILES string of the molecule is Cc1nnsc1C(=O)Cl.Cc1nnsc1C(=O)NS(C)(=O)=O. The largest absolute Gasteiger partial charge is 0.278 e. The number of aromatic nitrogens is 4. The normalized spacial score (nSPS) is 10.5. The Morgan fingerprint density at radius 2 is 1.50 bits per heavy atom. The van der Waals surface area contributed by atoms with Crippen molar-refractivity contribution < 1.29 is 18.0 Å². The lowest BCUT2D eigenvalue weighted by molar-refractivity contribution is 0.0984. The number of sulfonamides is 1. The van der Waals surface area contributed by atoms with Gasteiger partial charge in [0, 0.05) is 0 Å². The molecule has 9 nitrogen and oxygen atoms in total. The molecule has 22 heavy (non-hydrogen) atoms. The second-order valence-electron chi connectivity index (χ2n) is 3.85. The summed E-state index contributed by atoms with van der Waals surface area (Å²) in [6, 6.07) is 0. The number of hydrogen-bond acceptors (Lipinski definition) is 10. The van der Waals surface area contributed by atoms with Gasteiger partial charge < -0.3 is 0 Å². The lowest BCUT2D eigenvalue weighted by Gasteiger charge is -1.98. The molecule has 2 aromatic heterocycles. The van der Waals surface area contributed by atoms with Crippen LogP contribution in [0.1, 0.15) is 30.7 Å². The Kier molecular flexibility index (Phi) is 6.47. The average molecular weight is 384 g/mol. The zero-order valence-electron chi connectivity index (χ0n) is 11.5. The molecule has 1 amide bonds. The summed E-state index contributed by atoms with van der Waals surface area (Å²) >= 11 is 7.02. The van der Waals surface area contributed by atoms with Crippen LogP contribution >= 0.6 is 34.7 Å². The molecule has 120 valence electrons. The first kappa shape index (κ1) is 18.5. The zero-order valence-corrected chi connectivity index (χ0v) is 14.7. The number of carbonyl (C=O) groups is 2. The lowest BCUT2D eigenvalue weighted by Crippen LogP contribution is -2.29. The molecule has 0 radical (unpaired) electrons.